The maximum Gasteiger partial charge on any atom is 0.233 e. The lowest BCUT2D eigenvalue weighted by Gasteiger charge is -2.27. The van der Waals surface area contributed by atoms with Crippen molar-refractivity contribution in [1.82, 2.24) is 15.5 Å². The number of nitrogens with one attached hydrogen (secondary N) is 1. The van der Waals surface area contributed by atoms with E-state index in [-0.39, 0.29) is 0 Å². The molecule has 0 saturated heterocycles. The van der Waals surface area contributed by atoms with Gasteiger partial charge in [0.1, 0.15) is 0 Å². The molecule has 4 heteroatoms. The summed E-state index contributed by atoms with van der Waals surface area (Å²) in [6, 6.07) is 3.82. The minimum Gasteiger partial charge on any atom is -0.480 e. The molecule has 1 heterocycles. The van der Waals surface area contributed by atoms with Crippen molar-refractivity contribution in [2.75, 3.05) is 13.7 Å². The lowest BCUT2D eigenvalue weighted by atomic mass is 9.83. The number of ether oxygens (including phenoxy) is 1. The summed E-state index contributed by atoms with van der Waals surface area (Å²) in [4.78, 5) is 0. The minimum absolute atomic E-state index is 0.528. The van der Waals surface area contributed by atoms with Crippen LogP contribution >= 0.6 is 0 Å². The predicted octanol–water partition coefficient (Wildman–Crippen LogP) is 2.55. The van der Waals surface area contributed by atoms with Gasteiger partial charge in [-0.05, 0) is 30.7 Å². The molecule has 0 amide bonds. The van der Waals surface area contributed by atoms with Gasteiger partial charge in [0.05, 0.1) is 12.8 Å². The van der Waals surface area contributed by atoms with E-state index in [2.05, 4.69) is 22.4 Å². The number of hydrogen-bond donors (Lipinski definition) is 1. The molecular weight excluding hydrogens is 226 g/mol. The van der Waals surface area contributed by atoms with Gasteiger partial charge in [0.2, 0.25) is 5.88 Å². The Labute approximate surface area is 109 Å². The van der Waals surface area contributed by atoms with Crippen LogP contribution < -0.4 is 10.1 Å². The van der Waals surface area contributed by atoms with Crippen LogP contribution in [-0.4, -0.2) is 23.9 Å². The molecule has 1 aromatic rings. The van der Waals surface area contributed by atoms with Gasteiger partial charge < -0.3 is 10.1 Å². The van der Waals surface area contributed by atoms with E-state index >= 15 is 0 Å². The maximum atomic E-state index is 4.99. The summed E-state index contributed by atoms with van der Waals surface area (Å²) in [5.41, 5.74) is 1.50. The minimum atomic E-state index is 0.528. The van der Waals surface area contributed by atoms with Gasteiger partial charge in [-0.25, -0.2) is 0 Å². The van der Waals surface area contributed by atoms with Gasteiger partial charge in [-0.2, -0.15) is 5.10 Å². The third-order valence-corrected chi connectivity index (χ3v) is 4.12. The summed E-state index contributed by atoms with van der Waals surface area (Å²) < 4.78 is 4.99. The summed E-state index contributed by atoms with van der Waals surface area (Å²) in [7, 11) is 1.60. The van der Waals surface area contributed by atoms with Gasteiger partial charge in [0.15, 0.2) is 0 Å². The van der Waals surface area contributed by atoms with Crippen molar-refractivity contribution in [3.63, 3.8) is 0 Å². The van der Waals surface area contributed by atoms with Crippen LogP contribution in [0, 0.1) is 5.41 Å². The van der Waals surface area contributed by atoms with Crippen LogP contribution in [0.5, 0.6) is 5.88 Å². The molecule has 100 valence electrons. The fraction of sp³-hybridized carbons (Fsp3) is 0.714. The van der Waals surface area contributed by atoms with Crippen LogP contribution in [0.2, 0.25) is 0 Å². The number of methoxy groups -OCH3 is 1. The van der Waals surface area contributed by atoms with Crippen LogP contribution in [0.4, 0.5) is 0 Å². The monoisotopic (exact) mass is 249 g/mol. The Hall–Kier alpha value is -1.16. The first-order valence-corrected chi connectivity index (χ1v) is 6.85. The Morgan fingerprint density at radius 3 is 2.61 bits per heavy atom. The molecule has 18 heavy (non-hydrogen) atoms. The largest absolute Gasteiger partial charge is 0.480 e. The van der Waals surface area contributed by atoms with Crippen molar-refractivity contribution in [2.24, 2.45) is 5.41 Å². The van der Waals surface area contributed by atoms with E-state index in [1.807, 2.05) is 12.1 Å². The summed E-state index contributed by atoms with van der Waals surface area (Å²) in [5.74, 6) is 0.569. The zero-order valence-electron chi connectivity index (χ0n) is 11.4. The molecular formula is C14H23N3O. The van der Waals surface area contributed by atoms with Crippen LogP contribution in [0.15, 0.2) is 12.1 Å². The SMILES string of the molecule is CCC1(CNCc2ccc(OC)nn2)CCCC1. The van der Waals surface area contributed by atoms with Crippen molar-refractivity contribution < 1.29 is 4.74 Å². The number of hydrogen-bond acceptors (Lipinski definition) is 4. The van der Waals surface area contributed by atoms with Gasteiger partial charge in [-0.3, -0.25) is 0 Å². The molecule has 0 unspecified atom stereocenters. The molecule has 1 fully saturated rings. The van der Waals surface area contributed by atoms with Crippen molar-refractivity contribution in [1.29, 1.82) is 0 Å². The molecule has 1 N–H and O–H groups in total. The predicted molar refractivity (Wildman–Crippen MR) is 71.5 cm³/mol. The van der Waals surface area contributed by atoms with E-state index in [9.17, 15) is 0 Å². The number of aromatic nitrogens is 2. The zero-order valence-corrected chi connectivity index (χ0v) is 11.4. The quantitative estimate of drug-likeness (QED) is 0.841. The molecule has 1 aliphatic carbocycles. The molecule has 0 aliphatic heterocycles. The number of rotatable bonds is 6. The first-order valence-electron chi connectivity index (χ1n) is 6.85. The zero-order chi connectivity index (χ0) is 12.8. The highest BCUT2D eigenvalue weighted by molar-refractivity contribution is 5.11. The number of nitrogens with zero attached hydrogens (tertiary/aromatic N) is 2. The lowest BCUT2D eigenvalue weighted by Crippen LogP contribution is -2.31. The summed E-state index contributed by atoms with van der Waals surface area (Å²) in [6.45, 7) is 4.19. The van der Waals surface area contributed by atoms with E-state index in [4.69, 9.17) is 4.74 Å². The standard InChI is InChI=1S/C14H23N3O/c1-3-14(8-4-5-9-14)11-15-10-12-6-7-13(18-2)17-16-12/h6-7,15H,3-5,8-11H2,1-2H3. The van der Waals surface area contributed by atoms with Crippen molar-refractivity contribution in [2.45, 2.75) is 45.6 Å². The molecule has 1 saturated carbocycles. The molecule has 0 aromatic carbocycles. The average Bonchev–Trinajstić information content (AvgIpc) is 2.89. The molecule has 0 radical (unpaired) electrons. The summed E-state index contributed by atoms with van der Waals surface area (Å²) in [6.07, 6.45) is 6.78. The highest BCUT2D eigenvalue weighted by Gasteiger charge is 2.31. The Kier molecular flexibility index (Phi) is 4.53. The Morgan fingerprint density at radius 2 is 2.06 bits per heavy atom. The van der Waals surface area contributed by atoms with Gasteiger partial charge in [-0.1, -0.05) is 19.8 Å². The van der Waals surface area contributed by atoms with Gasteiger partial charge in [-0.15, -0.1) is 5.10 Å². The third kappa shape index (κ3) is 3.19. The Morgan fingerprint density at radius 1 is 1.28 bits per heavy atom. The van der Waals surface area contributed by atoms with E-state index < -0.39 is 0 Å². The molecule has 0 spiro atoms. The third-order valence-electron chi connectivity index (χ3n) is 4.12. The highest BCUT2D eigenvalue weighted by Crippen LogP contribution is 2.40. The molecule has 2 rings (SSSR count). The van der Waals surface area contributed by atoms with Gasteiger partial charge >= 0.3 is 0 Å². The topological polar surface area (TPSA) is 47.0 Å². The molecule has 0 atom stereocenters. The lowest BCUT2D eigenvalue weighted by molar-refractivity contribution is 0.267. The average molecular weight is 249 g/mol. The van der Waals surface area contributed by atoms with E-state index in [0.29, 0.717) is 11.3 Å². The van der Waals surface area contributed by atoms with Gasteiger partial charge in [0.25, 0.3) is 0 Å². The summed E-state index contributed by atoms with van der Waals surface area (Å²) >= 11 is 0. The fourth-order valence-corrected chi connectivity index (χ4v) is 2.79. The molecule has 1 aromatic heterocycles. The second-order valence-electron chi connectivity index (χ2n) is 5.23. The highest BCUT2D eigenvalue weighted by atomic mass is 16.5. The first kappa shape index (κ1) is 13.3. The molecule has 1 aliphatic rings. The summed E-state index contributed by atoms with van der Waals surface area (Å²) in [5, 5.41) is 11.6. The fourth-order valence-electron chi connectivity index (χ4n) is 2.79. The van der Waals surface area contributed by atoms with Crippen LogP contribution in [0.25, 0.3) is 0 Å². The van der Waals surface area contributed by atoms with E-state index in [1.165, 1.54) is 32.1 Å². The van der Waals surface area contributed by atoms with Crippen molar-refractivity contribution in [3.05, 3.63) is 17.8 Å². The van der Waals surface area contributed by atoms with E-state index in [0.717, 1.165) is 18.8 Å². The maximum absolute atomic E-state index is 4.99. The van der Waals surface area contributed by atoms with Crippen molar-refractivity contribution >= 4 is 0 Å². The molecule has 4 nitrogen and oxygen atoms in total. The van der Waals surface area contributed by atoms with Crippen LogP contribution in [0.3, 0.4) is 0 Å². The second-order valence-corrected chi connectivity index (χ2v) is 5.23. The van der Waals surface area contributed by atoms with Crippen molar-refractivity contribution in [3.8, 4) is 5.88 Å². The smallest absolute Gasteiger partial charge is 0.233 e. The van der Waals surface area contributed by atoms with Crippen LogP contribution in [0.1, 0.15) is 44.7 Å². The first-order chi connectivity index (χ1) is 8.78. The normalized spacial score (nSPS) is 17.9. The molecule has 0 bridgehead atoms. The second kappa shape index (κ2) is 6.14. The Balaban J connectivity index is 1.80. The van der Waals surface area contributed by atoms with Gasteiger partial charge in [0, 0.05) is 19.2 Å². The van der Waals surface area contributed by atoms with E-state index in [1.54, 1.807) is 7.11 Å². The Bertz CT molecular complexity index is 358. The van der Waals surface area contributed by atoms with Crippen LogP contribution in [-0.2, 0) is 6.54 Å².